The van der Waals surface area contributed by atoms with Crippen LogP contribution in [0.3, 0.4) is 0 Å². The number of rotatable bonds is 5. The highest BCUT2D eigenvalue weighted by molar-refractivity contribution is 6.35. The summed E-state index contributed by atoms with van der Waals surface area (Å²) in [5.74, 6) is 0.0337. The lowest BCUT2D eigenvalue weighted by molar-refractivity contribution is -0.125. The zero-order valence-corrected chi connectivity index (χ0v) is 14.5. The Morgan fingerprint density at radius 3 is 2.64 bits per heavy atom. The number of ether oxygens (including phenoxy) is 1. The van der Waals surface area contributed by atoms with E-state index in [1.54, 1.807) is 12.1 Å². The molecule has 2 atom stereocenters. The van der Waals surface area contributed by atoms with E-state index in [4.69, 9.17) is 27.9 Å². The molecule has 1 aliphatic rings. The number of morpholine rings is 1. The summed E-state index contributed by atoms with van der Waals surface area (Å²) in [7, 11) is 0. The van der Waals surface area contributed by atoms with Crippen molar-refractivity contribution in [2.45, 2.75) is 32.5 Å². The molecule has 1 aromatic carbocycles. The number of nitrogens with zero attached hydrogens (tertiary/aromatic N) is 1. The van der Waals surface area contributed by atoms with E-state index < -0.39 is 0 Å². The number of halogens is 2. The fraction of sp³-hybridized carbons (Fsp3) is 0.562. The Morgan fingerprint density at radius 2 is 2.00 bits per heavy atom. The Hall–Kier alpha value is -0.810. The number of hydrogen-bond donors (Lipinski definition) is 1. The first kappa shape index (κ1) is 17.5. The zero-order chi connectivity index (χ0) is 16.1. The molecule has 1 fully saturated rings. The van der Waals surface area contributed by atoms with Crippen LogP contribution in [0.25, 0.3) is 0 Å². The van der Waals surface area contributed by atoms with Gasteiger partial charge in [0.05, 0.1) is 18.8 Å². The Morgan fingerprint density at radius 1 is 1.32 bits per heavy atom. The molecule has 1 N–H and O–H groups in total. The number of carbonyl (C=O) groups excluding carboxylic acids is 1. The van der Waals surface area contributed by atoms with Crippen molar-refractivity contribution in [2.75, 3.05) is 26.2 Å². The summed E-state index contributed by atoms with van der Waals surface area (Å²) >= 11 is 12.0. The number of carbonyl (C=O) groups is 1. The summed E-state index contributed by atoms with van der Waals surface area (Å²) in [5, 5.41) is 4.19. The van der Waals surface area contributed by atoms with Gasteiger partial charge in [-0.25, -0.2) is 0 Å². The molecular formula is C16H22Cl2N2O2. The number of nitrogens with one attached hydrogen (secondary N) is 1. The molecule has 1 amide bonds. The van der Waals surface area contributed by atoms with E-state index in [0.717, 1.165) is 18.7 Å². The first-order valence-electron chi connectivity index (χ1n) is 7.52. The Bertz CT molecular complexity index is 515. The number of amides is 1. The Balaban J connectivity index is 1.73. The smallest absolute Gasteiger partial charge is 0.234 e. The summed E-state index contributed by atoms with van der Waals surface area (Å²) in [6, 6.07) is 5.42. The molecule has 22 heavy (non-hydrogen) atoms. The molecule has 122 valence electrons. The molecule has 1 aromatic rings. The van der Waals surface area contributed by atoms with Crippen molar-refractivity contribution in [2.24, 2.45) is 0 Å². The Kier molecular flexibility index (Phi) is 6.50. The highest BCUT2D eigenvalue weighted by Crippen LogP contribution is 2.21. The van der Waals surface area contributed by atoms with Crippen LogP contribution in [0.4, 0.5) is 0 Å². The fourth-order valence-corrected chi connectivity index (χ4v) is 3.24. The largest absolute Gasteiger partial charge is 0.373 e. The molecule has 0 unspecified atom stereocenters. The topological polar surface area (TPSA) is 41.6 Å². The SMILES string of the molecule is C[C@@H]1CN(CC(=O)NCCc2ccc(Cl)cc2Cl)C[C@H](C)O1. The van der Waals surface area contributed by atoms with Crippen LogP contribution in [-0.4, -0.2) is 49.2 Å². The summed E-state index contributed by atoms with van der Waals surface area (Å²) in [6.07, 6.45) is 1.03. The van der Waals surface area contributed by atoms with Crippen LogP contribution < -0.4 is 5.32 Å². The van der Waals surface area contributed by atoms with Gasteiger partial charge in [-0.05, 0) is 38.0 Å². The molecule has 0 saturated carbocycles. The van der Waals surface area contributed by atoms with Crippen molar-refractivity contribution in [3.05, 3.63) is 33.8 Å². The van der Waals surface area contributed by atoms with Gasteiger partial charge in [0.1, 0.15) is 0 Å². The molecule has 6 heteroatoms. The van der Waals surface area contributed by atoms with Gasteiger partial charge in [0.25, 0.3) is 0 Å². The quantitative estimate of drug-likeness (QED) is 0.892. The second-order valence-corrected chi connectivity index (χ2v) is 6.63. The van der Waals surface area contributed by atoms with Crippen molar-refractivity contribution in [3.8, 4) is 0 Å². The molecule has 0 radical (unpaired) electrons. The van der Waals surface area contributed by atoms with Crippen molar-refractivity contribution in [1.82, 2.24) is 10.2 Å². The minimum absolute atomic E-state index is 0.0337. The monoisotopic (exact) mass is 344 g/mol. The molecule has 1 heterocycles. The van der Waals surface area contributed by atoms with Crippen molar-refractivity contribution >= 4 is 29.1 Å². The molecule has 4 nitrogen and oxygen atoms in total. The van der Waals surface area contributed by atoms with Gasteiger partial charge >= 0.3 is 0 Å². The maximum atomic E-state index is 12.0. The third-order valence-corrected chi connectivity index (χ3v) is 4.18. The first-order valence-corrected chi connectivity index (χ1v) is 8.28. The molecule has 0 aromatic heterocycles. The predicted molar refractivity (Wildman–Crippen MR) is 89.6 cm³/mol. The number of hydrogen-bond acceptors (Lipinski definition) is 3. The van der Waals surface area contributed by atoms with Gasteiger partial charge < -0.3 is 10.1 Å². The summed E-state index contributed by atoms with van der Waals surface area (Å²) in [4.78, 5) is 14.1. The summed E-state index contributed by atoms with van der Waals surface area (Å²) in [5.41, 5.74) is 0.986. The lowest BCUT2D eigenvalue weighted by Crippen LogP contribution is -2.49. The van der Waals surface area contributed by atoms with Gasteiger partial charge in [0.2, 0.25) is 5.91 Å². The van der Waals surface area contributed by atoms with E-state index >= 15 is 0 Å². The second-order valence-electron chi connectivity index (χ2n) is 5.79. The van der Waals surface area contributed by atoms with Crippen LogP contribution in [0.1, 0.15) is 19.4 Å². The van der Waals surface area contributed by atoms with E-state index in [1.807, 2.05) is 19.9 Å². The van der Waals surface area contributed by atoms with Gasteiger partial charge in [-0.3, -0.25) is 9.69 Å². The van der Waals surface area contributed by atoms with Crippen molar-refractivity contribution in [1.29, 1.82) is 0 Å². The maximum Gasteiger partial charge on any atom is 0.234 e. The Labute approximate surface area is 141 Å². The molecular weight excluding hydrogens is 323 g/mol. The van der Waals surface area contributed by atoms with Crippen LogP contribution in [0.15, 0.2) is 18.2 Å². The van der Waals surface area contributed by atoms with Crippen molar-refractivity contribution in [3.63, 3.8) is 0 Å². The van der Waals surface area contributed by atoms with Crippen molar-refractivity contribution < 1.29 is 9.53 Å². The lowest BCUT2D eigenvalue weighted by atomic mass is 10.1. The third-order valence-electron chi connectivity index (χ3n) is 3.59. The van der Waals surface area contributed by atoms with Gasteiger partial charge in [0, 0.05) is 29.7 Å². The van der Waals surface area contributed by atoms with Crippen LogP contribution in [-0.2, 0) is 16.0 Å². The van der Waals surface area contributed by atoms with E-state index in [0.29, 0.717) is 29.6 Å². The zero-order valence-electron chi connectivity index (χ0n) is 12.9. The first-order chi connectivity index (χ1) is 10.4. The lowest BCUT2D eigenvalue weighted by Gasteiger charge is -2.34. The standard InChI is InChI=1S/C16H22Cl2N2O2/c1-11-8-20(9-12(2)22-11)10-16(21)19-6-5-13-3-4-14(17)7-15(13)18/h3-4,7,11-12H,5-6,8-10H2,1-2H3,(H,19,21)/t11-,12+. The predicted octanol–water partition coefficient (Wildman–Crippen LogP) is 2.76. The summed E-state index contributed by atoms with van der Waals surface area (Å²) < 4.78 is 5.66. The van der Waals surface area contributed by atoms with E-state index in [1.165, 1.54) is 0 Å². The minimum Gasteiger partial charge on any atom is -0.373 e. The van der Waals surface area contributed by atoms with Crippen LogP contribution >= 0.6 is 23.2 Å². The van der Waals surface area contributed by atoms with Crippen LogP contribution in [0.2, 0.25) is 10.0 Å². The summed E-state index contributed by atoms with van der Waals surface area (Å²) in [6.45, 7) is 6.62. The van der Waals surface area contributed by atoms with Gasteiger partial charge in [-0.2, -0.15) is 0 Å². The van der Waals surface area contributed by atoms with E-state index in [-0.39, 0.29) is 18.1 Å². The molecule has 0 spiro atoms. The highest BCUT2D eigenvalue weighted by Gasteiger charge is 2.23. The van der Waals surface area contributed by atoms with Gasteiger partial charge in [0.15, 0.2) is 0 Å². The van der Waals surface area contributed by atoms with Crippen LogP contribution in [0.5, 0.6) is 0 Å². The molecule has 2 rings (SSSR count). The number of benzene rings is 1. The molecule has 1 aliphatic heterocycles. The minimum atomic E-state index is 0.0337. The van der Waals surface area contributed by atoms with E-state index in [9.17, 15) is 4.79 Å². The van der Waals surface area contributed by atoms with E-state index in [2.05, 4.69) is 10.2 Å². The maximum absolute atomic E-state index is 12.0. The normalized spacial score (nSPS) is 22.5. The van der Waals surface area contributed by atoms with Gasteiger partial charge in [-0.15, -0.1) is 0 Å². The third kappa shape index (κ3) is 5.43. The molecule has 0 bridgehead atoms. The van der Waals surface area contributed by atoms with Gasteiger partial charge in [-0.1, -0.05) is 29.3 Å². The fourth-order valence-electron chi connectivity index (χ4n) is 2.73. The highest BCUT2D eigenvalue weighted by atomic mass is 35.5. The molecule has 0 aliphatic carbocycles. The average Bonchev–Trinajstić information content (AvgIpc) is 2.40. The molecule has 1 saturated heterocycles. The second kappa shape index (κ2) is 8.16. The average molecular weight is 345 g/mol. The van der Waals surface area contributed by atoms with Crippen LogP contribution in [0, 0.1) is 0 Å².